The van der Waals surface area contributed by atoms with Crippen molar-refractivity contribution in [1.29, 1.82) is 0 Å². The van der Waals surface area contributed by atoms with Crippen molar-refractivity contribution in [3.05, 3.63) is 17.3 Å². The van der Waals surface area contributed by atoms with Gasteiger partial charge in [0.1, 0.15) is 5.76 Å². The first-order valence-electron chi connectivity index (χ1n) is 11.5. The molecule has 0 unspecified atom stereocenters. The summed E-state index contributed by atoms with van der Waals surface area (Å²) in [5.41, 5.74) is 1.50. The predicted octanol–water partition coefficient (Wildman–Crippen LogP) is 4.50. The number of rotatable bonds is 8. The lowest BCUT2D eigenvalue weighted by atomic mass is 9.64. The normalized spacial score (nSPS) is 20.0. The Labute approximate surface area is 200 Å². The number of aryl methyl sites for hydroxylation is 2. The summed E-state index contributed by atoms with van der Waals surface area (Å²) in [5, 5.41) is 7.19. The number of nitrogens with zero attached hydrogens (tertiary/aromatic N) is 3. The number of hydrogen-bond acceptors (Lipinski definition) is 4. The minimum atomic E-state index is 0. The van der Waals surface area contributed by atoms with Crippen LogP contribution in [-0.2, 0) is 6.54 Å². The molecule has 1 saturated heterocycles. The topological polar surface area (TPSA) is 65.7 Å². The molecule has 2 N–H and O–H groups in total. The van der Waals surface area contributed by atoms with E-state index in [2.05, 4.69) is 39.4 Å². The minimum absolute atomic E-state index is 0. The Morgan fingerprint density at radius 1 is 1.23 bits per heavy atom. The summed E-state index contributed by atoms with van der Waals surface area (Å²) in [7, 11) is 1.88. The van der Waals surface area contributed by atoms with Crippen LogP contribution in [0.15, 0.2) is 9.41 Å². The fraction of sp³-hybridized carbons (Fsp3) is 0.826. The van der Waals surface area contributed by atoms with E-state index in [0.717, 1.165) is 61.9 Å². The molecule has 6 nitrogen and oxygen atoms in total. The third-order valence-corrected chi connectivity index (χ3v) is 6.81. The lowest BCUT2D eigenvalue weighted by molar-refractivity contribution is 0.104. The van der Waals surface area contributed by atoms with Gasteiger partial charge in [-0.1, -0.05) is 20.3 Å². The van der Waals surface area contributed by atoms with Crippen LogP contribution in [0.2, 0.25) is 0 Å². The first-order chi connectivity index (χ1) is 13.9. The number of likely N-dealkylation sites (tertiary alicyclic amines) is 1. The molecule has 1 aromatic rings. The molecule has 2 fully saturated rings. The van der Waals surface area contributed by atoms with Crippen molar-refractivity contribution in [2.45, 2.75) is 72.8 Å². The second kappa shape index (κ2) is 11.7. The summed E-state index contributed by atoms with van der Waals surface area (Å²) >= 11 is 0. The molecular formula is C23H42IN5O. The number of aliphatic imine (C=N–C) groups is 1. The van der Waals surface area contributed by atoms with E-state index in [1.54, 1.807) is 0 Å². The molecule has 0 atom stereocenters. The summed E-state index contributed by atoms with van der Waals surface area (Å²) < 4.78 is 5.74. The SMILES string of the molecule is CN=C(NCC1CCN(Cc2nc(C)c(C)o2)CC1)NCC1(CC(C)C)CCC1.I. The van der Waals surface area contributed by atoms with Gasteiger partial charge in [-0.25, -0.2) is 4.98 Å². The van der Waals surface area contributed by atoms with Crippen LogP contribution in [0.25, 0.3) is 0 Å². The standard InChI is InChI=1S/C23H41N5O.HI/c1-17(2)13-23(9-6-10-23)16-26-22(24-5)25-14-20-7-11-28(12-8-20)15-21-27-18(3)19(4)29-21;/h17,20H,6-16H2,1-5H3,(H2,24,25,26);1H. The van der Waals surface area contributed by atoms with Gasteiger partial charge in [-0.2, -0.15) is 0 Å². The van der Waals surface area contributed by atoms with Gasteiger partial charge in [-0.15, -0.1) is 24.0 Å². The molecule has 30 heavy (non-hydrogen) atoms. The molecular weight excluding hydrogens is 489 g/mol. The zero-order valence-corrected chi connectivity index (χ0v) is 21.9. The Balaban J connectivity index is 0.00000320. The third kappa shape index (κ3) is 7.11. The van der Waals surface area contributed by atoms with Gasteiger partial charge < -0.3 is 15.1 Å². The number of aromatic nitrogens is 1. The smallest absolute Gasteiger partial charge is 0.208 e. The van der Waals surface area contributed by atoms with E-state index in [-0.39, 0.29) is 24.0 Å². The zero-order valence-electron chi connectivity index (χ0n) is 19.6. The predicted molar refractivity (Wildman–Crippen MR) is 134 cm³/mol. The highest BCUT2D eigenvalue weighted by atomic mass is 127. The molecule has 7 heteroatoms. The molecule has 3 rings (SSSR count). The number of guanidine groups is 1. The van der Waals surface area contributed by atoms with Crippen LogP contribution in [0.3, 0.4) is 0 Å². The van der Waals surface area contributed by atoms with Crippen LogP contribution < -0.4 is 10.6 Å². The third-order valence-electron chi connectivity index (χ3n) is 6.81. The second-order valence-corrected chi connectivity index (χ2v) is 9.73. The van der Waals surface area contributed by atoms with E-state index < -0.39 is 0 Å². The van der Waals surface area contributed by atoms with Crippen LogP contribution in [0.5, 0.6) is 0 Å². The van der Waals surface area contributed by atoms with Gasteiger partial charge in [0, 0.05) is 20.1 Å². The Kier molecular flexibility index (Phi) is 9.91. The molecule has 1 aromatic heterocycles. The van der Waals surface area contributed by atoms with E-state index >= 15 is 0 Å². The van der Waals surface area contributed by atoms with Crippen LogP contribution in [-0.4, -0.2) is 49.1 Å². The van der Waals surface area contributed by atoms with Crippen molar-refractivity contribution in [3.8, 4) is 0 Å². The van der Waals surface area contributed by atoms with Gasteiger partial charge in [-0.05, 0) is 76.3 Å². The lowest BCUT2D eigenvalue weighted by Gasteiger charge is -2.43. The van der Waals surface area contributed by atoms with Crippen molar-refractivity contribution in [2.24, 2.45) is 22.2 Å². The lowest BCUT2D eigenvalue weighted by Crippen LogP contribution is -2.48. The first-order valence-corrected chi connectivity index (χ1v) is 11.5. The highest BCUT2D eigenvalue weighted by Crippen LogP contribution is 2.45. The summed E-state index contributed by atoms with van der Waals surface area (Å²) in [6.45, 7) is 13.8. The van der Waals surface area contributed by atoms with Crippen molar-refractivity contribution in [3.63, 3.8) is 0 Å². The Hall–Kier alpha value is -0.830. The molecule has 1 aliphatic heterocycles. The van der Waals surface area contributed by atoms with Crippen LogP contribution in [0.4, 0.5) is 0 Å². The Morgan fingerprint density at radius 2 is 1.93 bits per heavy atom. The van der Waals surface area contributed by atoms with Gasteiger partial charge in [0.25, 0.3) is 0 Å². The quantitative estimate of drug-likeness (QED) is 0.294. The second-order valence-electron chi connectivity index (χ2n) is 9.73. The molecule has 0 bridgehead atoms. The van der Waals surface area contributed by atoms with E-state index in [4.69, 9.17) is 4.42 Å². The van der Waals surface area contributed by atoms with Gasteiger partial charge >= 0.3 is 0 Å². The maximum atomic E-state index is 5.74. The zero-order chi connectivity index (χ0) is 20.9. The van der Waals surface area contributed by atoms with Crippen LogP contribution >= 0.6 is 24.0 Å². The number of hydrogen-bond donors (Lipinski definition) is 2. The maximum absolute atomic E-state index is 5.74. The first kappa shape index (κ1) is 25.4. The molecule has 0 aromatic carbocycles. The molecule has 172 valence electrons. The fourth-order valence-corrected chi connectivity index (χ4v) is 4.88. The number of halogens is 1. The number of oxazole rings is 1. The van der Waals surface area contributed by atoms with E-state index in [9.17, 15) is 0 Å². The molecule has 2 heterocycles. The molecule has 1 aliphatic carbocycles. The van der Waals surface area contributed by atoms with E-state index in [0.29, 0.717) is 11.3 Å². The molecule has 0 radical (unpaired) electrons. The maximum Gasteiger partial charge on any atom is 0.208 e. The largest absolute Gasteiger partial charge is 0.444 e. The molecule has 2 aliphatic rings. The molecule has 0 spiro atoms. The average molecular weight is 532 g/mol. The minimum Gasteiger partial charge on any atom is -0.444 e. The number of piperidine rings is 1. The monoisotopic (exact) mass is 531 g/mol. The van der Waals surface area contributed by atoms with E-state index in [1.165, 1.54) is 38.5 Å². The summed E-state index contributed by atoms with van der Waals surface area (Å²) in [5.74, 6) is 4.23. The highest BCUT2D eigenvalue weighted by Gasteiger charge is 2.37. The van der Waals surface area contributed by atoms with Gasteiger partial charge in [0.05, 0.1) is 12.2 Å². The van der Waals surface area contributed by atoms with Crippen LogP contribution in [0.1, 0.15) is 69.7 Å². The van der Waals surface area contributed by atoms with Crippen molar-refractivity contribution < 1.29 is 4.42 Å². The van der Waals surface area contributed by atoms with Crippen molar-refractivity contribution >= 4 is 29.9 Å². The van der Waals surface area contributed by atoms with Crippen LogP contribution in [0, 0.1) is 31.1 Å². The molecule has 0 amide bonds. The summed E-state index contributed by atoms with van der Waals surface area (Å²) in [4.78, 5) is 11.4. The van der Waals surface area contributed by atoms with Gasteiger partial charge in [0.15, 0.2) is 5.96 Å². The summed E-state index contributed by atoms with van der Waals surface area (Å²) in [6, 6.07) is 0. The number of nitrogens with one attached hydrogen (secondary N) is 2. The Bertz CT molecular complexity index is 656. The average Bonchev–Trinajstić information content (AvgIpc) is 2.97. The van der Waals surface area contributed by atoms with Crippen molar-refractivity contribution in [1.82, 2.24) is 20.5 Å². The van der Waals surface area contributed by atoms with E-state index in [1.807, 2.05) is 20.9 Å². The van der Waals surface area contributed by atoms with Gasteiger partial charge in [-0.3, -0.25) is 9.89 Å². The van der Waals surface area contributed by atoms with Crippen molar-refractivity contribution in [2.75, 3.05) is 33.2 Å². The van der Waals surface area contributed by atoms with Gasteiger partial charge in [0.2, 0.25) is 5.89 Å². The Morgan fingerprint density at radius 3 is 2.43 bits per heavy atom. The highest BCUT2D eigenvalue weighted by molar-refractivity contribution is 14.0. The molecule has 1 saturated carbocycles. The summed E-state index contributed by atoms with van der Waals surface area (Å²) in [6.07, 6.45) is 7.83. The fourth-order valence-electron chi connectivity index (χ4n) is 4.88.